The third-order valence-corrected chi connectivity index (χ3v) is 3.52. The van der Waals surface area contributed by atoms with Gasteiger partial charge in [0.15, 0.2) is 0 Å². The van der Waals surface area contributed by atoms with Crippen LogP contribution in [-0.4, -0.2) is 12.4 Å². The third-order valence-electron chi connectivity index (χ3n) is 3.52. The van der Waals surface area contributed by atoms with Gasteiger partial charge in [-0.2, -0.15) is 0 Å². The van der Waals surface area contributed by atoms with Gasteiger partial charge in [0.1, 0.15) is 11.5 Å². The number of hydrogen-bond donors (Lipinski definition) is 0. The zero-order chi connectivity index (χ0) is 12.3. The second-order valence-electron chi connectivity index (χ2n) is 4.80. The van der Waals surface area contributed by atoms with Crippen LogP contribution in [0.5, 0.6) is 5.75 Å². The van der Waals surface area contributed by atoms with Crippen molar-refractivity contribution in [1.82, 2.24) is 0 Å². The number of rotatable bonds is 5. The van der Waals surface area contributed by atoms with E-state index in [4.69, 9.17) is 4.74 Å². The number of hydrogen-bond acceptors (Lipinski definition) is 2. The lowest BCUT2D eigenvalue weighted by Gasteiger charge is -2.09. The van der Waals surface area contributed by atoms with Crippen LogP contribution in [0.1, 0.15) is 37.8 Å². The smallest absolute Gasteiger partial charge is 0.135 e. The first-order valence-electron chi connectivity index (χ1n) is 6.48. The number of ketones is 1. The van der Waals surface area contributed by atoms with Gasteiger partial charge in [-0.3, -0.25) is 4.79 Å². The predicted molar refractivity (Wildman–Crippen MR) is 68.4 cm³/mol. The van der Waals surface area contributed by atoms with E-state index in [-0.39, 0.29) is 5.92 Å². The second-order valence-corrected chi connectivity index (χ2v) is 4.80. The molecule has 0 aliphatic carbocycles. The molecule has 0 N–H and O–H groups in total. The van der Waals surface area contributed by atoms with Gasteiger partial charge in [0.05, 0.1) is 6.61 Å². The number of aryl methyl sites for hydroxylation is 1. The summed E-state index contributed by atoms with van der Waals surface area (Å²) in [6.45, 7) is 4.78. The second kappa shape index (κ2) is 5.35. The van der Waals surface area contributed by atoms with Crippen molar-refractivity contribution < 1.29 is 9.53 Å². The van der Waals surface area contributed by atoms with Crippen LogP contribution in [0.4, 0.5) is 0 Å². The topological polar surface area (TPSA) is 26.3 Å². The summed E-state index contributed by atoms with van der Waals surface area (Å²) in [6.07, 6.45) is 3.61. The largest absolute Gasteiger partial charge is 0.493 e. The third kappa shape index (κ3) is 2.87. The van der Waals surface area contributed by atoms with E-state index in [0.29, 0.717) is 12.2 Å². The van der Waals surface area contributed by atoms with Gasteiger partial charge < -0.3 is 4.74 Å². The van der Waals surface area contributed by atoms with Gasteiger partial charge in [0.2, 0.25) is 0 Å². The average molecular weight is 232 g/mol. The molecule has 0 fully saturated rings. The summed E-state index contributed by atoms with van der Waals surface area (Å²) in [6, 6.07) is 6.41. The number of benzene rings is 1. The van der Waals surface area contributed by atoms with E-state index in [9.17, 15) is 4.79 Å². The molecule has 1 heterocycles. The SMILES string of the molecule is CCC(=O)C(C)CCc1ccc2c(c1)CCO2. The zero-order valence-electron chi connectivity index (χ0n) is 10.7. The fraction of sp³-hybridized carbons (Fsp3) is 0.533. The van der Waals surface area contributed by atoms with Crippen molar-refractivity contribution in [2.24, 2.45) is 5.92 Å². The molecule has 1 aromatic rings. The van der Waals surface area contributed by atoms with Gasteiger partial charge in [0, 0.05) is 18.8 Å². The first-order valence-corrected chi connectivity index (χ1v) is 6.48. The molecule has 17 heavy (non-hydrogen) atoms. The highest BCUT2D eigenvalue weighted by atomic mass is 16.5. The molecule has 0 radical (unpaired) electrons. The minimum atomic E-state index is 0.185. The maximum atomic E-state index is 11.5. The van der Waals surface area contributed by atoms with Gasteiger partial charge in [-0.15, -0.1) is 0 Å². The number of carbonyl (C=O) groups excluding carboxylic acids is 1. The van der Waals surface area contributed by atoms with Crippen LogP contribution >= 0.6 is 0 Å². The highest BCUT2D eigenvalue weighted by Gasteiger charge is 2.14. The molecule has 2 nitrogen and oxygen atoms in total. The van der Waals surface area contributed by atoms with Crippen molar-refractivity contribution in [1.29, 1.82) is 0 Å². The fourth-order valence-corrected chi connectivity index (χ4v) is 2.29. The summed E-state index contributed by atoms with van der Waals surface area (Å²) in [4.78, 5) is 11.5. The summed E-state index contributed by atoms with van der Waals surface area (Å²) in [7, 11) is 0. The van der Waals surface area contributed by atoms with Gasteiger partial charge in [0.25, 0.3) is 0 Å². The first-order chi connectivity index (χ1) is 8.20. The Morgan fingerprint density at radius 1 is 1.47 bits per heavy atom. The van der Waals surface area contributed by atoms with E-state index in [1.807, 2.05) is 13.8 Å². The zero-order valence-corrected chi connectivity index (χ0v) is 10.7. The molecule has 0 bridgehead atoms. The lowest BCUT2D eigenvalue weighted by atomic mass is 9.95. The molecule has 1 aromatic carbocycles. The molecule has 92 valence electrons. The fourth-order valence-electron chi connectivity index (χ4n) is 2.29. The van der Waals surface area contributed by atoms with Crippen LogP contribution in [0.3, 0.4) is 0 Å². The number of carbonyl (C=O) groups is 1. The number of ether oxygens (including phenoxy) is 1. The minimum absolute atomic E-state index is 0.185. The highest BCUT2D eigenvalue weighted by molar-refractivity contribution is 5.80. The monoisotopic (exact) mass is 232 g/mol. The molecule has 0 aromatic heterocycles. The van der Waals surface area contributed by atoms with E-state index in [0.717, 1.165) is 31.6 Å². The molecule has 2 rings (SSSR count). The van der Waals surface area contributed by atoms with Crippen molar-refractivity contribution >= 4 is 5.78 Å². The Hall–Kier alpha value is -1.31. The lowest BCUT2D eigenvalue weighted by Crippen LogP contribution is -2.10. The minimum Gasteiger partial charge on any atom is -0.493 e. The summed E-state index contributed by atoms with van der Waals surface area (Å²) in [5, 5.41) is 0. The van der Waals surface area contributed by atoms with E-state index in [1.54, 1.807) is 0 Å². The summed E-state index contributed by atoms with van der Waals surface area (Å²) in [5.74, 6) is 1.59. The Labute approximate surface area is 103 Å². The molecule has 1 atom stereocenters. The van der Waals surface area contributed by atoms with Crippen molar-refractivity contribution in [2.45, 2.75) is 39.5 Å². The molecule has 1 aliphatic rings. The van der Waals surface area contributed by atoms with Crippen LogP contribution in [-0.2, 0) is 17.6 Å². The van der Waals surface area contributed by atoms with Crippen molar-refractivity contribution in [2.75, 3.05) is 6.61 Å². The molecule has 0 saturated heterocycles. The quantitative estimate of drug-likeness (QED) is 0.779. The maximum absolute atomic E-state index is 11.5. The van der Waals surface area contributed by atoms with E-state index in [2.05, 4.69) is 18.2 Å². The molecule has 2 heteroatoms. The van der Waals surface area contributed by atoms with Crippen LogP contribution in [0.2, 0.25) is 0 Å². The molecular weight excluding hydrogens is 212 g/mol. The molecule has 0 spiro atoms. The maximum Gasteiger partial charge on any atom is 0.135 e. The number of fused-ring (bicyclic) bond motifs is 1. The average Bonchev–Trinajstić information content (AvgIpc) is 2.82. The van der Waals surface area contributed by atoms with Crippen LogP contribution < -0.4 is 4.74 Å². The first kappa shape index (κ1) is 12.2. The van der Waals surface area contributed by atoms with Gasteiger partial charge >= 0.3 is 0 Å². The van der Waals surface area contributed by atoms with Crippen LogP contribution in [0.25, 0.3) is 0 Å². The Bertz CT molecular complexity index is 409. The Morgan fingerprint density at radius 2 is 2.29 bits per heavy atom. The predicted octanol–water partition coefficient (Wildman–Crippen LogP) is 3.17. The molecule has 1 aliphatic heterocycles. The standard InChI is InChI=1S/C15H20O2/c1-3-14(16)11(2)4-5-12-6-7-15-13(10-12)8-9-17-15/h6-7,10-11H,3-5,8-9H2,1-2H3. The Morgan fingerprint density at radius 3 is 3.06 bits per heavy atom. The summed E-state index contributed by atoms with van der Waals surface area (Å²) in [5.41, 5.74) is 2.64. The van der Waals surface area contributed by atoms with Gasteiger partial charge in [-0.1, -0.05) is 26.0 Å². The molecule has 1 unspecified atom stereocenters. The van der Waals surface area contributed by atoms with Crippen molar-refractivity contribution in [3.05, 3.63) is 29.3 Å². The highest BCUT2D eigenvalue weighted by Crippen LogP contribution is 2.26. The van der Waals surface area contributed by atoms with Gasteiger partial charge in [-0.05, 0) is 30.0 Å². The molecule has 0 amide bonds. The lowest BCUT2D eigenvalue weighted by molar-refractivity contribution is -0.122. The van der Waals surface area contributed by atoms with Crippen molar-refractivity contribution in [3.8, 4) is 5.75 Å². The Kier molecular flexibility index (Phi) is 3.82. The summed E-state index contributed by atoms with van der Waals surface area (Å²) < 4.78 is 5.48. The number of Topliss-reactive ketones (excluding diaryl/α,β-unsaturated/α-hetero) is 1. The molecule has 0 saturated carbocycles. The van der Waals surface area contributed by atoms with Crippen LogP contribution in [0, 0.1) is 5.92 Å². The van der Waals surface area contributed by atoms with Crippen molar-refractivity contribution in [3.63, 3.8) is 0 Å². The normalized spacial score (nSPS) is 15.2. The van der Waals surface area contributed by atoms with Gasteiger partial charge in [-0.25, -0.2) is 0 Å². The Balaban J connectivity index is 1.93. The summed E-state index contributed by atoms with van der Waals surface area (Å²) >= 11 is 0. The van der Waals surface area contributed by atoms with Crippen LogP contribution in [0.15, 0.2) is 18.2 Å². The van der Waals surface area contributed by atoms with E-state index < -0.39 is 0 Å². The molecular formula is C15H20O2. The van der Waals surface area contributed by atoms with E-state index in [1.165, 1.54) is 11.1 Å². The van der Waals surface area contributed by atoms with E-state index >= 15 is 0 Å².